The number of hydrogen-bond acceptors (Lipinski definition) is 5. The third-order valence-electron chi connectivity index (χ3n) is 2.61. The molecule has 7 heteroatoms. The highest BCUT2D eigenvalue weighted by Gasteiger charge is 2.23. The minimum Gasteiger partial charge on any atom is -0.377 e. The SMILES string of the molecule is Cc1ccnc2nc(C(=O)NC3COC3)nn12. The second-order valence-electron chi connectivity index (χ2n) is 3.94. The van der Waals surface area contributed by atoms with Crippen LogP contribution in [-0.2, 0) is 4.74 Å². The Morgan fingerprint density at radius 2 is 2.41 bits per heavy atom. The average molecular weight is 233 g/mol. The lowest BCUT2D eigenvalue weighted by Crippen LogP contribution is -2.48. The molecule has 1 amide bonds. The van der Waals surface area contributed by atoms with Crippen LogP contribution in [0.3, 0.4) is 0 Å². The number of rotatable bonds is 2. The summed E-state index contributed by atoms with van der Waals surface area (Å²) in [7, 11) is 0. The van der Waals surface area contributed by atoms with E-state index in [-0.39, 0.29) is 17.8 Å². The van der Waals surface area contributed by atoms with Gasteiger partial charge in [-0.15, -0.1) is 5.10 Å². The van der Waals surface area contributed by atoms with Gasteiger partial charge in [-0.2, -0.15) is 4.98 Å². The Bertz CT molecular complexity index is 575. The van der Waals surface area contributed by atoms with Crippen molar-refractivity contribution in [3.8, 4) is 0 Å². The van der Waals surface area contributed by atoms with Crippen LogP contribution in [0.15, 0.2) is 12.3 Å². The van der Waals surface area contributed by atoms with Crippen LogP contribution in [0.5, 0.6) is 0 Å². The lowest BCUT2D eigenvalue weighted by molar-refractivity contribution is -0.00363. The molecule has 0 spiro atoms. The molecule has 2 aromatic heterocycles. The number of aromatic nitrogens is 4. The Hall–Kier alpha value is -2.02. The molecule has 17 heavy (non-hydrogen) atoms. The molecule has 7 nitrogen and oxygen atoms in total. The summed E-state index contributed by atoms with van der Waals surface area (Å²) in [5.74, 6) is 0.280. The van der Waals surface area contributed by atoms with Crippen molar-refractivity contribution in [1.82, 2.24) is 24.9 Å². The molecule has 1 aliphatic rings. The van der Waals surface area contributed by atoms with Crippen LogP contribution < -0.4 is 5.32 Å². The first kappa shape index (κ1) is 10.2. The number of amides is 1. The predicted octanol–water partition coefficient (Wildman–Crippen LogP) is -0.439. The number of nitrogens with one attached hydrogen (secondary N) is 1. The van der Waals surface area contributed by atoms with Crippen molar-refractivity contribution in [3.05, 3.63) is 23.8 Å². The van der Waals surface area contributed by atoms with Crippen molar-refractivity contribution in [2.45, 2.75) is 13.0 Å². The third kappa shape index (κ3) is 1.74. The minimum atomic E-state index is -0.289. The van der Waals surface area contributed by atoms with Crippen molar-refractivity contribution in [3.63, 3.8) is 0 Å². The van der Waals surface area contributed by atoms with Crippen molar-refractivity contribution in [2.24, 2.45) is 0 Å². The van der Waals surface area contributed by atoms with E-state index >= 15 is 0 Å². The van der Waals surface area contributed by atoms with E-state index in [4.69, 9.17) is 4.74 Å². The van der Waals surface area contributed by atoms with Gasteiger partial charge in [0.1, 0.15) is 0 Å². The Morgan fingerprint density at radius 3 is 3.06 bits per heavy atom. The number of aryl methyl sites for hydroxylation is 1. The molecule has 88 valence electrons. The molecule has 2 aromatic rings. The fourth-order valence-corrected chi connectivity index (χ4v) is 1.57. The maximum atomic E-state index is 11.8. The summed E-state index contributed by atoms with van der Waals surface area (Å²) < 4.78 is 6.52. The maximum Gasteiger partial charge on any atom is 0.291 e. The van der Waals surface area contributed by atoms with Crippen LogP contribution >= 0.6 is 0 Å². The summed E-state index contributed by atoms with van der Waals surface area (Å²) in [5.41, 5.74) is 0.883. The van der Waals surface area contributed by atoms with Crippen molar-refractivity contribution >= 4 is 11.7 Å². The number of hydrogen-bond donors (Lipinski definition) is 1. The van der Waals surface area contributed by atoms with Crippen molar-refractivity contribution < 1.29 is 9.53 Å². The number of carbonyl (C=O) groups excluding carboxylic acids is 1. The topological polar surface area (TPSA) is 81.4 Å². The first-order valence-electron chi connectivity index (χ1n) is 5.31. The Balaban J connectivity index is 1.89. The van der Waals surface area contributed by atoms with Gasteiger partial charge in [0.05, 0.1) is 19.3 Å². The standard InChI is InChI=1S/C10H11N5O2/c1-6-2-3-11-10-13-8(14-15(6)10)9(16)12-7-4-17-5-7/h2-3,7H,4-5H2,1H3,(H,12,16). The molecule has 0 saturated carbocycles. The molecule has 0 atom stereocenters. The van der Waals surface area contributed by atoms with Gasteiger partial charge >= 0.3 is 0 Å². The van der Waals surface area contributed by atoms with Crippen LogP contribution in [0.1, 0.15) is 16.3 Å². The molecular formula is C10H11N5O2. The number of fused-ring (bicyclic) bond motifs is 1. The quantitative estimate of drug-likeness (QED) is 0.760. The molecule has 0 aromatic carbocycles. The summed E-state index contributed by atoms with van der Waals surface area (Å²) in [5, 5.41) is 6.90. The average Bonchev–Trinajstić information content (AvgIpc) is 2.68. The summed E-state index contributed by atoms with van der Waals surface area (Å²) in [4.78, 5) is 19.9. The van der Waals surface area contributed by atoms with Gasteiger partial charge < -0.3 is 10.1 Å². The van der Waals surface area contributed by atoms with Gasteiger partial charge in [-0.1, -0.05) is 0 Å². The van der Waals surface area contributed by atoms with Crippen LogP contribution in [0, 0.1) is 6.92 Å². The molecular weight excluding hydrogens is 222 g/mol. The van der Waals surface area contributed by atoms with Gasteiger partial charge in [-0.25, -0.2) is 9.50 Å². The van der Waals surface area contributed by atoms with Crippen LogP contribution in [-0.4, -0.2) is 44.7 Å². The molecule has 1 N–H and O–H groups in total. The van der Waals surface area contributed by atoms with E-state index in [0.29, 0.717) is 19.0 Å². The molecule has 1 fully saturated rings. The van der Waals surface area contributed by atoms with E-state index in [1.54, 1.807) is 10.7 Å². The van der Waals surface area contributed by atoms with E-state index in [1.165, 1.54) is 0 Å². The fourth-order valence-electron chi connectivity index (χ4n) is 1.57. The maximum absolute atomic E-state index is 11.8. The first-order valence-corrected chi connectivity index (χ1v) is 5.31. The molecule has 3 rings (SSSR count). The molecule has 3 heterocycles. The van der Waals surface area contributed by atoms with Gasteiger partial charge in [-0.3, -0.25) is 4.79 Å². The smallest absolute Gasteiger partial charge is 0.291 e. The zero-order valence-electron chi connectivity index (χ0n) is 9.25. The lowest BCUT2D eigenvalue weighted by atomic mass is 10.2. The van der Waals surface area contributed by atoms with E-state index in [9.17, 15) is 4.79 Å². The zero-order valence-corrected chi connectivity index (χ0v) is 9.25. The van der Waals surface area contributed by atoms with E-state index < -0.39 is 0 Å². The molecule has 0 unspecified atom stereocenters. The number of ether oxygens (including phenoxy) is 1. The monoisotopic (exact) mass is 233 g/mol. The number of carbonyl (C=O) groups is 1. The molecule has 1 aliphatic heterocycles. The van der Waals surface area contributed by atoms with Crippen LogP contribution in [0.2, 0.25) is 0 Å². The number of nitrogens with zero attached hydrogens (tertiary/aromatic N) is 4. The summed E-state index contributed by atoms with van der Waals surface area (Å²) >= 11 is 0. The van der Waals surface area contributed by atoms with Crippen LogP contribution in [0.25, 0.3) is 5.78 Å². The largest absolute Gasteiger partial charge is 0.377 e. The summed E-state index contributed by atoms with van der Waals surface area (Å²) in [6.07, 6.45) is 1.64. The Morgan fingerprint density at radius 1 is 1.59 bits per heavy atom. The summed E-state index contributed by atoms with van der Waals surface area (Å²) in [6.45, 7) is 2.98. The van der Waals surface area contributed by atoms with Gasteiger partial charge in [-0.05, 0) is 13.0 Å². The van der Waals surface area contributed by atoms with Crippen LogP contribution in [0.4, 0.5) is 0 Å². The summed E-state index contributed by atoms with van der Waals surface area (Å²) in [6, 6.07) is 1.88. The Kier molecular flexibility index (Phi) is 2.25. The second kappa shape index (κ2) is 3.77. The lowest BCUT2D eigenvalue weighted by Gasteiger charge is -2.26. The molecule has 0 bridgehead atoms. The first-order chi connectivity index (χ1) is 8.24. The highest BCUT2D eigenvalue weighted by molar-refractivity contribution is 5.91. The Labute approximate surface area is 96.8 Å². The normalized spacial score (nSPS) is 15.8. The fraction of sp³-hybridized carbons (Fsp3) is 0.400. The van der Waals surface area contributed by atoms with Gasteiger partial charge in [0.25, 0.3) is 11.7 Å². The van der Waals surface area contributed by atoms with Crippen molar-refractivity contribution in [2.75, 3.05) is 13.2 Å². The van der Waals surface area contributed by atoms with E-state index in [0.717, 1.165) is 5.69 Å². The van der Waals surface area contributed by atoms with E-state index in [2.05, 4.69) is 20.4 Å². The van der Waals surface area contributed by atoms with Gasteiger partial charge in [0.15, 0.2) is 0 Å². The van der Waals surface area contributed by atoms with Gasteiger partial charge in [0.2, 0.25) is 5.82 Å². The third-order valence-corrected chi connectivity index (χ3v) is 2.61. The van der Waals surface area contributed by atoms with Gasteiger partial charge in [0, 0.05) is 11.9 Å². The predicted molar refractivity (Wildman–Crippen MR) is 57.6 cm³/mol. The molecule has 0 aliphatic carbocycles. The molecule has 0 radical (unpaired) electrons. The highest BCUT2D eigenvalue weighted by atomic mass is 16.5. The molecule has 1 saturated heterocycles. The van der Waals surface area contributed by atoms with Crippen molar-refractivity contribution in [1.29, 1.82) is 0 Å². The van der Waals surface area contributed by atoms with E-state index in [1.807, 2.05) is 13.0 Å². The zero-order chi connectivity index (χ0) is 11.8. The minimum absolute atomic E-state index is 0.0724. The second-order valence-corrected chi connectivity index (χ2v) is 3.94. The highest BCUT2D eigenvalue weighted by Crippen LogP contribution is 2.04.